The molecule has 116 valence electrons. The Morgan fingerprint density at radius 3 is 2.87 bits per heavy atom. The highest BCUT2D eigenvalue weighted by Crippen LogP contribution is 2.40. The molecule has 1 saturated heterocycles. The van der Waals surface area contributed by atoms with Crippen LogP contribution in [0.4, 0.5) is 5.13 Å². The fourth-order valence-electron chi connectivity index (χ4n) is 3.07. The summed E-state index contributed by atoms with van der Waals surface area (Å²) in [4.78, 5) is 11.0. The number of aromatic nitrogens is 4. The molecule has 0 saturated carbocycles. The summed E-state index contributed by atoms with van der Waals surface area (Å²) in [6.07, 6.45) is 6.67. The Hall–Kier alpha value is -2.34. The summed E-state index contributed by atoms with van der Waals surface area (Å²) in [7, 11) is 0. The Morgan fingerprint density at radius 2 is 2.09 bits per heavy atom. The average Bonchev–Trinajstić information content (AvgIpc) is 3.23. The van der Waals surface area contributed by atoms with Gasteiger partial charge in [-0.2, -0.15) is 0 Å². The number of nitrogens with zero attached hydrogens (tertiary/aromatic N) is 5. The number of hydrogen-bond donors (Lipinski definition) is 0. The normalized spacial score (nSPS) is 20.8. The third-order valence-electron chi connectivity index (χ3n) is 4.12. The van der Waals surface area contributed by atoms with Crippen molar-refractivity contribution in [3.63, 3.8) is 0 Å². The van der Waals surface area contributed by atoms with Gasteiger partial charge in [0.25, 0.3) is 0 Å². The van der Waals surface area contributed by atoms with Crippen LogP contribution in [-0.2, 0) is 0 Å². The summed E-state index contributed by atoms with van der Waals surface area (Å²) in [5.74, 6) is 0.627. The van der Waals surface area contributed by atoms with Crippen LogP contribution in [0, 0.1) is 5.92 Å². The quantitative estimate of drug-likeness (QED) is 0.737. The zero-order valence-corrected chi connectivity index (χ0v) is 13.6. The molecule has 0 bridgehead atoms. The predicted molar refractivity (Wildman–Crippen MR) is 91.2 cm³/mol. The molecule has 0 aromatic carbocycles. The topological polar surface area (TPSA) is 54.8 Å². The third kappa shape index (κ3) is 2.82. The summed E-state index contributed by atoms with van der Waals surface area (Å²) >= 11 is 1.60. The first-order valence-electron chi connectivity index (χ1n) is 7.73. The number of pyridine rings is 2. The van der Waals surface area contributed by atoms with Crippen LogP contribution in [0.25, 0.3) is 10.7 Å². The molecule has 1 aliphatic rings. The lowest BCUT2D eigenvalue weighted by molar-refractivity contribution is 0.617. The van der Waals surface area contributed by atoms with Gasteiger partial charge in [-0.1, -0.05) is 30.4 Å². The fourth-order valence-corrected chi connectivity index (χ4v) is 3.95. The van der Waals surface area contributed by atoms with E-state index in [2.05, 4.69) is 38.1 Å². The largest absolute Gasteiger partial charge is 0.339 e. The molecule has 23 heavy (non-hydrogen) atoms. The number of rotatable bonds is 3. The van der Waals surface area contributed by atoms with Gasteiger partial charge in [0.2, 0.25) is 5.13 Å². The minimum Gasteiger partial charge on any atom is -0.339 e. The molecule has 0 radical (unpaired) electrons. The maximum absolute atomic E-state index is 4.42. The molecule has 3 aromatic heterocycles. The lowest BCUT2D eigenvalue weighted by Crippen LogP contribution is -2.23. The van der Waals surface area contributed by atoms with Crippen molar-refractivity contribution in [2.45, 2.75) is 19.4 Å². The minimum absolute atomic E-state index is 0.322. The van der Waals surface area contributed by atoms with Crippen LogP contribution in [0.3, 0.4) is 0 Å². The van der Waals surface area contributed by atoms with Crippen molar-refractivity contribution in [1.29, 1.82) is 0 Å². The Bertz CT molecular complexity index is 774. The van der Waals surface area contributed by atoms with E-state index in [1.807, 2.05) is 36.7 Å². The van der Waals surface area contributed by atoms with Gasteiger partial charge in [0, 0.05) is 25.1 Å². The molecule has 0 spiro atoms. The standard InChI is InChI=1S/C17H17N5S/c1-12-9-15(13-5-4-7-18-10-13)22(11-12)17-21-20-16(23-17)14-6-2-3-8-19-14/h2-8,10,12,15H,9,11H2,1H3/t12-,15-/m1/s1. The Balaban J connectivity index is 1.65. The maximum Gasteiger partial charge on any atom is 0.209 e. The highest BCUT2D eigenvalue weighted by molar-refractivity contribution is 7.18. The molecule has 4 heterocycles. The van der Waals surface area contributed by atoms with Gasteiger partial charge in [-0.15, -0.1) is 10.2 Å². The van der Waals surface area contributed by atoms with E-state index in [0.717, 1.165) is 28.8 Å². The third-order valence-corrected chi connectivity index (χ3v) is 5.11. The molecule has 3 aromatic rings. The molecule has 2 atom stereocenters. The molecule has 1 aliphatic heterocycles. The molecule has 0 amide bonds. The lowest BCUT2D eigenvalue weighted by atomic mass is 10.0. The van der Waals surface area contributed by atoms with E-state index < -0.39 is 0 Å². The van der Waals surface area contributed by atoms with E-state index >= 15 is 0 Å². The van der Waals surface area contributed by atoms with Crippen LogP contribution in [0.5, 0.6) is 0 Å². The highest BCUT2D eigenvalue weighted by atomic mass is 32.1. The molecule has 0 N–H and O–H groups in total. The van der Waals surface area contributed by atoms with Gasteiger partial charge in [-0.05, 0) is 36.1 Å². The van der Waals surface area contributed by atoms with E-state index in [-0.39, 0.29) is 0 Å². The summed E-state index contributed by atoms with van der Waals surface area (Å²) in [6, 6.07) is 10.3. The van der Waals surface area contributed by atoms with Crippen molar-refractivity contribution in [2.24, 2.45) is 5.92 Å². The summed E-state index contributed by atoms with van der Waals surface area (Å²) in [5.41, 5.74) is 2.12. The van der Waals surface area contributed by atoms with Gasteiger partial charge in [0.05, 0.1) is 6.04 Å². The Kier molecular flexibility index (Phi) is 3.75. The molecule has 1 fully saturated rings. The Morgan fingerprint density at radius 1 is 1.13 bits per heavy atom. The van der Waals surface area contributed by atoms with Crippen LogP contribution in [-0.4, -0.2) is 26.7 Å². The minimum atomic E-state index is 0.322. The zero-order chi connectivity index (χ0) is 15.6. The fraction of sp³-hybridized carbons (Fsp3) is 0.294. The van der Waals surface area contributed by atoms with E-state index in [0.29, 0.717) is 12.0 Å². The van der Waals surface area contributed by atoms with E-state index in [1.165, 1.54) is 5.56 Å². The van der Waals surface area contributed by atoms with Crippen molar-refractivity contribution >= 4 is 16.5 Å². The first kappa shape index (κ1) is 14.3. The smallest absolute Gasteiger partial charge is 0.209 e. The Labute approximate surface area is 139 Å². The number of anilines is 1. The van der Waals surface area contributed by atoms with E-state index in [9.17, 15) is 0 Å². The monoisotopic (exact) mass is 323 g/mol. The van der Waals surface area contributed by atoms with Crippen LogP contribution < -0.4 is 4.90 Å². The first-order chi connectivity index (χ1) is 11.3. The van der Waals surface area contributed by atoms with Gasteiger partial charge in [0.1, 0.15) is 5.69 Å². The molecule has 0 unspecified atom stereocenters. The van der Waals surface area contributed by atoms with Crippen LogP contribution in [0.15, 0.2) is 48.9 Å². The summed E-state index contributed by atoms with van der Waals surface area (Å²) < 4.78 is 0. The van der Waals surface area contributed by atoms with Crippen LogP contribution >= 0.6 is 11.3 Å². The SMILES string of the molecule is C[C@@H]1C[C@H](c2cccnc2)N(c2nnc(-c3ccccn3)s2)C1. The molecule has 6 heteroatoms. The van der Waals surface area contributed by atoms with Crippen molar-refractivity contribution in [3.05, 3.63) is 54.5 Å². The molecule has 4 rings (SSSR count). The van der Waals surface area contributed by atoms with Crippen molar-refractivity contribution in [1.82, 2.24) is 20.2 Å². The zero-order valence-electron chi connectivity index (χ0n) is 12.8. The second-order valence-corrected chi connectivity index (χ2v) is 6.86. The molecular weight excluding hydrogens is 306 g/mol. The molecule has 5 nitrogen and oxygen atoms in total. The molecule has 0 aliphatic carbocycles. The van der Waals surface area contributed by atoms with Gasteiger partial charge in [0.15, 0.2) is 5.01 Å². The van der Waals surface area contributed by atoms with Gasteiger partial charge < -0.3 is 4.90 Å². The van der Waals surface area contributed by atoms with Gasteiger partial charge in [-0.25, -0.2) is 0 Å². The van der Waals surface area contributed by atoms with Crippen LogP contribution in [0.1, 0.15) is 24.9 Å². The predicted octanol–water partition coefficient (Wildman–Crippen LogP) is 3.58. The first-order valence-corrected chi connectivity index (χ1v) is 8.54. The summed E-state index contributed by atoms with van der Waals surface area (Å²) in [6.45, 7) is 3.28. The molecular formula is C17H17N5S. The summed E-state index contributed by atoms with van der Waals surface area (Å²) in [5, 5.41) is 10.6. The highest BCUT2D eigenvalue weighted by Gasteiger charge is 2.33. The van der Waals surface area contributed by atoms with Gasteiger partial charge >= 0.3 is 0 Å². The van der Waals surface area contributed by atoms with Crippen LogP contribution in [0.2, 0.25) is 0 Å². The van der Waals surface area contributed by atoms with E-state index in [4.69, 9.17) is 0 Å². The second kappa shape index (κ2) is 6.04. The van der Waals surface area contributed by atoms with E-state index in [1.54, 1.807) is 17.5 Å². The number of hydrogen-bond acceptors (Lipinski definition) is 6. The average molecular weight is 323 g/mol. The maximum atomic E-state index is 4.42. The van der Waals surface area contributed by atoms with Gasteiger partial charge in [-0.3, -0.25) is 9.97 Å². The van der Waals surface area contributed by atoms with Crippen molar-refractivity contribution in [3.8, 4) is 10.7 Å². The van der Waals surface area contributed by atoms with Crippen molar-refractivity contribution < 1.29 is 0 Å². The van der Waals surface area contributed by atoms with Crippen molar-refractivity contribution in [2.75, 3.05) is 11.4 Å². The lowest BCUT2D eigenvalue weighted by Gasteiger charge is -2.23. The second-order valence-electron chi connectivity index (χ2n) is 5.90.